The summed E-state index contributed by atoms with van der Waals surface area (Å²) in [5, 5.41) is 0. The van der Waals surface area contributed by atoms with Crippen molar-refractivity contribution >= 4 is 0 Å². The summed E-state index contributed by atoms with van der Waals surface area (Å²) in [5.41, 5.74) is 2.89. The van der Waals surface area contributed by atoms with E-state index in [9.17, 15) is 0 Å². The SMILES string of the molecule is CC1CC(C)C(c2ccccc2)N(C)C1c1ccccc1. The molecule has 0 aromatic heterocycles. The Labute approximate surface area is 128 Å². The lowest BCUT2D eigenvalue weighted by atomic mass is 9.76. The van der Waals surface area contributed by atoms with E-state index in [1.165, 1.54) is 17.5 Å². The number of likely N-dealkylation sites (tertiary alicyclic amines) is 1. The van der Waals surface area contributed by atoms with Crippen LogP contribution in [-0.2, 0) is 0 Å². The van der Waals surface area contributed by atoms with Gasteiger partial charge in [-0.2, -0.15) is 0 Å². The molecule has 0 radical (unpaired) electrons. The molecule has 1 heteroatoms. The van der Waals surface area contributed by atoms with Crippen LogP contribution in [0.15, 0.2) is 60.7 Å². The van der Waals surface area contributed by atoms with Gasteiger partial charge < -0.3 is 0 Å². The Morgan fingerprint density at radius 2 is 1.10 bits per heavy atom. The summed E-state index contributed by atoms with van der Waals surface area (Å²) in [6.07, 6.45) is 1.28. The van der Waals surface area contributed by atoms with Crippen LogP contribution in [0.25, 0.3) is 0 Å². The average Bonchev–Trinajstić information content (AvgIpc) is 2.49. The lowest BCUT2D eigenvalue weighted by Crippen LogP contribution is -2.41. The van der Waals surface area contributed by atoms with Gasteiger partial charge in [0, 0.05) is 12.1 Å². The first-order chi connectivity index (χ1) is 10.2. The molecular formula is C20H25N. The van der Waals surface area contributed by atoms with Gasteiger partial charge in [-0.25, -0.2) is 0 Å². The predicted octanol–water partition coefficient (Wildman–Crippen LogP) is 5.08. The third kappa shape index (κ3) is 2.75. The molecule has 0 spiro atoms. The standard InChI is InChI=1S/C20H25N/c1-15-14-16(2)20(18-12-8-5-9-13-18)21(3)19(15)17-10-6-4-7-11-17/h4-13,15-16,19-20H,14H2,1-3H3. The van der Waals surface area contributed by atoms with Crippen LogP contribution >= 0.6 is 0 Å². The maximum absolute atomic E-state index is 2.59. The zero-order chi connectivity index (χ0) is 14.8. The molecule has 1 fully saturated rings. The van der Waals surface area contributed by atoms with Crippen LogP contribution < -0.4 is 0 Å². The summed E-state index contributed by atoms with van der Waals surface area (Å²) in [6.45, 7) is 4.79. The molecule has 0 amide bonds. The van der Waals surface area contributed by atoms with E-state index >= 15 is 0 Å². The average molecular weight is 279 g/mol. The van der Waals surface area contributed by atoms with E-state index in [-0.39, 0.29) is 0 Å². The van der Waals surface area contributed by atoms with Crippen molar-refractivity contribution in [1.29, 1.82) is 0 Å². The molecule has 3 rings (SSSR count). The maximum Gasteiger partial charge on any atom is 0.0376 e. The van der Waals surface area contributed by atoms with E-state index in [0.29, 0.717) is 23.9 Å². The second-order valence-electron chi connectivity index (χ2n) is 6.57. The number of benzene rings is 2. The van der Waals surface area contributed by atoms with Crippen molar-refractivity contribution in [2.24, 2.45) is 11.8 Å². The van der Waals surface area contributed by atoms with Crippen LogP contribution in [-0.4, -0.2) is 11.9 Å². The first-order valence-electron chi connectivity index (χ1n) is 8.00. The van der Waals surface area contributed by atoms with Gasteiger partial charge in [0.2, 0.25) is 0 Å². The normalized spacial score (nSPS) is 30.2. The molecule has 1 aliphatic rings. The van der Waals surface area contributed by atoms with Crippen molar-refractivity contribution in [3.05, 3.63) is 71.8 Å². The van der Waals surface area contributed by atoms with Crippen LogP contribution in [0.3, 0.4) is 0 Å². The molecule has 0 saturated carbocycles. The molecule has 0 N–H and O–H groups in total. The largest absolute Gasteiger partial charge is 0.292 e. The lowest BCUT2D eigenvalue weighted by Gasteiger charge is -2.47. The third-order valence-corrected chi connectivity index (χ3v) is 4.98. The zero-order valence-electron chi connectivity index (χ0n) is 13.2. The number of rotatable bonds is 2. The van der Waals surface area contributed by atoms with Crippen molar-refractivity contribution in [1.82, 2.24) is 4.90 Å². The monoisotopic (exact) mass is 279 g/mol. The van der Waals surface area contributed by atoms with Crippen molar-refractivity contribution in [3.8, 4) is 0 Å². The molecule has 110 valence electrons. The first kappa shape index (κ1) is 14.3. The first-order valence-corrected chi connectivity index (χ1v) is 8.00. The second kappa shape index (κ2) is 6.03. The summed E-state index contributed by atoms with van der Waals surface area (Å²) in [6, 6.07) is 23.0. The maximum atomic E-state index is 2.59. The molecule has 1 nitrogen and oxygen atoms in total. The quantitative estimate of drug-likeness (QED) is 0.741. The Hall–Kier alpha value is -1.60. The van der Waals surface area contributed by atoms with Gasteiger partial charge in [0.1, 0.15) is 0 Å². The smallest absolute Gasteiger partial charge is 0.0376 e. The molecule has 0 aliphatic carbocycles. The van der Waals surface area contributed by atoms with Gasteiger partial charge in [0.05, 0.1) is 0 Å². The number of piperidine rings is 1. The van der Waals surface area contributed by atoms with E-state index in [1.807, 2.05) is 0 Å². The van der Waals surface area contributed by atoms with Gasteiger partial charge >= 0.3 is 0 Å². The molecule has 21 heavy (non-hydrogen) atoms. The van der Waals surface area contributed by atoms with Gasteiger partial charge in [-0.15, -0.1) is 0 Å². The minimum Gasteiger partial charge on any atom is -0.292 e. The second-order valence-corrected chi connectivity index (χ2v) is 6.57. The molecule has 1 aliphatic heterocycles. The molecule has 1 saturated heterocycles. The van der Waals surface area contributed by atoms with Gasteiger partial charge in [-0.3, -0.25) is 4.90 Å². The van der Waals surface area contributed by atoms with E-state index in [1.54, 1.807) is 0 Å². The summed E-state index contributed by atoms with van der Waals surface area (Å²) in [7, 11) is 2.29. The summed E-state index contributed by atoms with van der Waals surface area (Å²) in [4.78, 5) is 2.59. The summed E-state index contributed by atoms with van der Waals surface area (Å²) >= 11 is 0. The molecule has 2 aromatic rings. The van der Waals surface area contributed by atoms with Crippen LogP contribution in [0, 0.1) is 11.8 Å². The molecule has 2 aromatic carbocycles. The fourth-order valence-corrected chi connectivity index (χ4v) is 4.25. The van der Waals surface area contributed by atoms with Gasteiger partial charge in [0.25, 0.3) is 0 Å². The van der Waals surface area contributed by atoms with Crippen molar-refractivity contribution in [2.75, 3.05) is 7.05 Å². The van der Waals surface area contributed by atoms with Crippen molar-refractivity contribution in [2.45, 2.75) is 32.4 Å². The molecule has 1 heterocycles. The Kier molecular flexibility index (Phi) is 4.12. The minimum atomic E-state index is 0.507. The Bertz CT molecular complexity index is 511. The third-order valence-electron chi connectivity index (χ3n) is 4.98. The van der Waals surface area contributed by atoms with E-state index in [2.05, 4.69) is 86.5 Å². The predicted molar refractivity (Wildman–Crippen MR) is 89.1 cm³/mol. The molecular weight excluding hydrogens is 254 g/mol. The van der Waals surface area contributed by atoms with E-state index in [4.69, 9.17) is 0 Å². The zero-order valence-corrected chi connectivity index (χ0v) is 13.2. The number of hydrogen-bond donors (Lipinski definition) is 0. The van der Waals surface area contributed by atoms with Gasteiger partial charge in [-0.05, 0) is 36.4 Å². The van der Waals surface area contributed by atoms with Crippen molar-refractivity contribution < 1.29 is 0 Å². The van der Waals surface area contributed by atoms with E-state index < -0.39 is 0 Å². The van der Waals surface area contributed by atoms with Crippen LogP contribution in [0.2, 0.25) is 0 Å². The molecule has 4 unspecified atom stereocenters. The van der Waals surface area contributed by atoms with Crippen LogP contribution in [0.1, 0.15) is 43.5 Å². The summed E-state index contributed by atoms with van der Waals surface area (Å²) in [5.74, 6) is 1.37. The van der Waals surface area contributed by atoms with Crippen LogP contribution in [0.5, 0.6) is 0 Å². The highest BCUT2D eigenvalue weighted by Crippen LogP contribution is 2.46. The minimum absolute atomic E-state index is 0.507. The highest BCUT2D eigenvalue weighted by molar-refractivity contribution is 5.25. The van der Waals surface area contributed by atoms with Crippen molar-refractivity contribution in [3.63, 3.8) is 0 Å². The fourth-order valence-electron chi connectivity index (χ4n) is 4.25. The van der Waals surface area contributed by atoms with Gasteiger partial charge in [-0.1, -0.05) is 74.5 Å². The molecule has 0 bridgehead atoms. The highest BCUT2D eigenvalue weighted by Gasteiger charge is 2.38. The van der Waals surface area contributed by atoms with Gasteiger partial charge in [0.15, 0.2) is 0 Å². The van der Waals surface area contributed by atoms with Crippen LogP contribution in [0.4, 0.5) is 0 Å². The highest BCUT2D eigenvalue weighted by atomic mass is 15.2. The topological polar surface area (TPSA) is 3.24 Å². The Morgan fingerprint density at radius 1 is 0.714 bits per heavy atom. The fraction of sp³-hybridized carbons (Fsp3) is 0.400. The van der Waals surface area contributed by atoms with E-state index in [0.717, 1.165) is 0 Å². The number of hydrogen-bond acceptors (Lipinski definition) is 1. The summed E-state index contributed by atoms with van der Waals surface area (Å²) < 4.78 is 0. The lowest BCUT2D eigenvalue weighted by molar-refractivity contribution is 0.0302. The number of nitrogens with zero attached hydrogens (tertiary/aromatic N) is 1. The Balaban J connectivity index is 1.96. The Morgan fingerprint density at radius 3 is 1.48 bits per heavy atom. The molecule has 4 atom stereocenters.